The molecule has 2 aliphatic rings. The van der Waals surface area contributed by atoms with Crippen LogP contribution in [0.3, 0.4) is 0 Å². The minimum Gasteiger partial charge on any atom is -0.308 e. The third kappa shape index (κ3) is 4.07. The van der Waals surface area contributed by atoms with Gasteiger partial charge in [-0.1, -0.05) is 55.5 Å². The molecule has 1 aliphatic heterocycles. The molecule has 0 bridgehead atoms. The van der Waals surface area contributed by atoms with E-state index in [0.717, 1.165) is 34.8 Å². The van der Waals surface area contributed by atoms with Crippen molar-refractivity contribution >= 4 is 11.6 Å². The van der Waals surface area contributed by atoms with Crippen LogP contribution in [0.15, 0.2) is 48.5 Å². The molecule has 1 heterocycles. The maximum atomic E-state index is 13.1. The Morgan fingerprint density at radius 1 is 1.07 bits per heavy atom. The first-order valence-electron chi connectivity index (χ1n) is 9.91. The molecule has 0 aromatic heterocycles. The normalized spacial score (nSPS) is 20.7. The summed E-state index contributed by atoms with van der Waals surface area (Å²) in [5, 5.41) is 3.41. The van der Waals surface area contributed by atoms with Crippen molar-refractivity contribution in [1.82, 2.24) is 5.32 Å². The molecule has 1 aliphatic carbocycles. The molecular formula is C24H26N2O. The number of nitrogens with zero attached hydrogens (tertiary/aromatic N) is 1. The molecular weight excluding hydrogens is 332 g/mol. The highest BCUT2D eigenvalue weighted by Crippen LogP contribution is 2.29. The fourth-order valence-corrected chi connectivity index (χ4v) is 4.20. The van der Waals surface area contributed by atoms with Crippen LogP contribution >= 0.6 is 0 Å². The number of rotatable bonds is 4. The molecule has 2 aromatic rings. The number of fused-ring (bicyclic) bond motifs is 2. The van der Waals surface area contributed by atoms with E-state index in [4.69, 9.17) is 0 Å². The lowest BCUT2D eigenvalue weighted by Gasteiger charge is -2.26. The SMILES string of the molecule is CC1CCC(CNCC(=O)N2Cc3ccccc3C#Cc3ccccc32)C1. The zero-order chi connectivity index (χ0) is 18.6. The van der Waals surface area contributed by atoms with Gasteiger partial charge < -0.3 is 10.2 Å². The van der Waals surface area contributed by atoms with E-state index in [1.807, 2.05) is 47.4 Å². The van der Waals surface area contributed by atoms with E-state index < -0.39 is 0 Å². The highest BCUT2D eigenvalue weighted by molar-refractivity contribution is 5.96. The third-order valence-electron chi connectivity index (χ3n) is 5.69. The molecule has 2 unspecified atom stereocenters. The number of carbonyl (C=O) groups excluding carboxylic acids is 1. The lowest BCUT2D eigenvalue weighted by molar-refractivity contribution is -0.118. The van der Waals surface area contributed by atoms with Crippen molar-refractivity contribution in [3.63, 3.8) is 0 Å². The van der Waals surface area contributed by atoms with Crippen molar-refractivity contribution in [1.29, 1.82) is 0 Å². The first-order chi connectivity index (χ1) is 13.2. The lowest BCUT2D eigenvalue weighted by atomic mass is 10.0. The van der Waals surface area contributed by atoms with Gasteiger partial charge in [-0.05, 0) is 55.0 Å². The average Bonchev–Trinajstić information content (AvgIpc) is 3.08. The van der Waals surface area contributed by atoms with Crippen molar-refractivity contribution in [2.24, 2.45) is 11.8 Å². The van der Waals surface area contributed by atoms with Crippen molar-refractivity contribution in [2.75, 3.05) is 18.0 Å². The molecule has 0 saturated heterocycles. The van der Waals surface area contributed by atoms with Gasteiger partial charge in [-0.2, -0.15) is 0 Å². The zero-order valence-corrected chi connectivity index (χ0v) is 15.9. The molecule has 1 amide bonds. The van der Waals surface area contributed by atoms with Gasteiger partial charge in [0, 0.05) is 11.1 Å². The van der Waals surface area contributed by atoms with Crippen molar-refractivity contribution in [2.45, 2.75) is 32.7 Å². The number of para-hydroxylation sites is 1. The van der Waals surface area contributed by atoms with Gasteiger partial charge in [0.25, 0.3) is 0 Å². The quantitative estimate of drug-likeness (QED) is 0.839. The van der Waals surface area contributed by atoms with Gasteiger partial charge in [-0.25, -0.2) is 0 Å². The topological polar surface area (TPSA) is 32.3 Å². The highest BCUT2D eigenvalue weighted by Gasteiger charge is 2.23. The minimum absolute atomic E-state index is 0.104. The molecule has 0 radical (unpaired) electrons. The Bertz CT molecular complexity index is 892. The molecule has 1 fully saturated rings. The van der Waals surface area contributed by atoms with Crippen LogP contribution in [0, 0.1) is 23.7 Å². The summed E-state index contributed by atoms with van der Waals surface area (Å²) in [5.74, 6) is 8.14. The van der Waals surface area contributed by atoms with Gasteiger partial charge in [0.05, 0.1) is 18.8 Å². The van der Waals surface area contributed by atoms with Gasteiger partial charge >= 0.3 is 0 Å². The molecule has 0 spiro atoms. The smallest absolute Gasteiger partial charge is 0.241 e. The Hall–Kier alpha value is -2.57. The number of nitrogens with one attached hydrogen (secondary N) is 1. The summed E-state index contributed by atoms with van der Waals surface area (Å²) in [4.78, 5) is 15.0. The second kappa shape index (κ2) is 7.98. The average molecular weight is 358 g/mol. The van der Waals surface area contributed by atoms with Crippen LogP contribution in [0.4, 0.5) is 5.69 Å². The van der Waals surface area contributed by atoms with Gasteiger partial charge in [0.2, 0.25) is 5.91 Å². The number of amides is 1. The molecule has 1 N–H and O–H groups in total. The van der Waals surface area contributed by atoms with E-state index in [9.17, 15) is 4.79 Å². The van der Waals surface area contributed by atoms with E-state index in [1.54, 1.807) is 0 Å². The summed E-state index contributed by atoms with van der Waals surface area (Å²) in [5.41, 5.74) is 3.90. The van der Waals surface area contributed by atoms with E-state index in [-0.39, 0.29) is 5.91 Å². The molecule has 2 aromatic carbocycles. The van der Waals surface area contributed by atoms with Gasteiger partial charge in [-0.15, -0.1) is 0 Å². The number of carbonyl (C=O) groups is 1. The van der Waals surface area contributed by atoms with E-state index in [0.29, 0.717) is 19.0 Å². The van der Waals surface area contributed by atoms with Crippen LogP contribution in [-0.2, 0) is 11.3 Å². The standard InChI is InChI=1S/C24H26N2O/c1-18-10-11-19(14-18)15-25-16-24(27)26-17-22-8-3-2-6-20(22)12-13-21-7-4-5-9-23(21)26/h2-9,18-19,25H,10-11,14-17H2,1H3. The molecule has 3 heteroatoms. The predicted octanol–water partition coefficient (Wildman–Crippen LogP) is 3.96. The largest absolute Gasteiger partial charge is 0.308 e. The Balaban J connectivity index is 1.52. The first-order valence-corrected chi connectivity index (χ1v) is 9.91. The maximum absolute atomic E-state index is 13.1. The number of anilines is 1. The van der Waals surface area contributed by atoms with Crippen molar-refractivity contribution < 1.29 is 4.79 Å². The van der Waals surface area contributed by atoms with Crippen LogP contribution in [0.5, 0.6) is 0 Å². The summed E-state index contributed by atoms with van der Waals surface area (Å²) in [7, 11) is 0. The second-order valence-electron chi connectivity index (χ2n) is 7.82. The molecule has 4 rings (SSSR count). The highest BCUT2D eigenvalue weighted by atomic mass is 16.2. The fourth-order valence-electron chi connectivity index (χ4n) is 4.20. The number of hydrogen-bond donors (Lipinski definition) is 1. The van der Waals surface area contributed by atoms with Crippen molar-refractivity contribution in [3.8, 4) is 11.8 Å². The zero-order valence-electron chi connectivity index (χ0n) is 15.9. The lowest BCUT2D eigenvalue weighted by Crippen LogP contribution is -2.39. The number of benzene rings is 2. The van der Waals surface area contributed by atoms with Crippen LogP contribution in [0.25, 0.3) is 0 Å². The summed E-state index contributed by atoms with van der Waals surface area (Å²) < 4.78 is 0. The Morgan fingerprint density at radius 2 is 1.81 bits per heavy atom. The molecule has 3 nitrogen and oxygen atoms in total. The van der Waals surface area contributed by atoms with Gasteiger partial charge in [-0.3, -0.25) is 4.79 Å². The van der Waals surface area contributed by atoms with Crippen LogP contribution in [0.2, 0.25) is 0 Å². The first kappa shape index (κ1) is 17.8. The molecule has 138 valence electrons. The Labute approximate surface area is 161 Å². The monoisotopic (exact) mass is 358 g/mol. The Kier molecular flexibility index (Phi) is 5.27. The van der Waals surface area contributed by atoms with Crippen LogP contribution < -0.4 is 10.2 Å². The number of hydrogen-bond acceptors (Lipinski definition) is 2. The summed E-state index contributed by atoms with van der Waals surface area (Å²) in [6, 6.07) is 16.0. The molecule has 27 heavy (non-hydrogen) atoms. The summed E-state index contributed by atoms with van der Waals surface area (Å²) in [6.45, 7) is 4.18. The summed E-state index contributed by atoms with van der Waals surface area (Å²) >= 11 is 0. The minimum atomic E-state index is 0.104. The van der Waals surface area contributed by atoms with Gasteiger partial charge in [0.15, 0.2) is 0 Å². The van der Waals surface area contributed by atoms with E-state index >= 15 is 0 Å². The molecule has 1 saturated carbocycles. The van der Waals surface area contributed by atoms with Crippen LogP contribution in [-0.4, -0.2) is 19.0 Å². The van der Waals surface area contributed by atoms with Crippen molar-refractivity contribution in [3.05, 3.63) is 65.2 Å². The molecule has 2 atom stereocenters. The Morgan fingerprint density at radius 3 is 2.63 bits per heavy atom. The van der Waals surface area contributed by atoms with E-state index in [1.165, 1.54) is 19.3 Å². The summed E-state index contributed by atoms with van der Waals surface area (Å²) in [6.07, 6.45) is 3.86. The fraction of sp³-hybridized carbons (Fsp3) is 0.375. The maximum Gasteiger partial charge on any atom is 0.241 e. The van der Waals surface area contributed by atoms with E-state index in [2.05, 4.69) is 30.1 Å². The van der Waals surface area contributed by atoms with Crippen LogP contribution in [0.1, 0.15) is 42.9 Å². The van der Waals surface area contributed by atoms with Gasteiger partial charge in [0.1, 0.15) is 0 Å². The third-order valence-corrected chi connectivity index (χ3v) is 5.69. The predicted molar refractivity (Wildman–Crippen MR) is 109 cm³/mol. The second-order valence-corrected chi connectivity index (χ2v) is 7.82.